The molecule has 2 aliphatic heterocycles. The van der Waals surface area contributed by atoms with Crippen LogP contribution in [-0.2, 0) is 32.5 Å². The van der Waals surface area contributed by atoms with Crippen molar-refractivity contribution in [3.05, 3.63) is 70.3 Å². The van der Waals surface area contributed by atoms with E-state index < -0.39 is 27.3 Å². The summed E-state index contributed by atoms with van der Waals surface area (Å²) in [5, 5.41) is 11.0. The van der Waals surface area contributed by atoms with Gasteiger partial charge in [0.05, 0.1) is 30.3 Å². The first-order valence-electron chi connectivity index (χ1n) is 16.4. The Morgan fingerprint density at radius 3 is 2.72 bits per heavy atom. The number of hydrogen-bond donors (Lipinski definition) is 2. The van der Waals surface area contributed by atoms with Gasteiger partial charge >= 0.3 is 0 Å². The average Bonchev–Trinajstić information content (AvgIpc) is 3.03. The molecule has 0 spiro atoms. The van der Waals surface area contributed by atoms with Crippen LogP contribution in [0.4, 0.5) is 5.69 Å². The number of carbonyl (C=O) groups excluding carboxylic acids is 1. The molecule has 1 aliphatic carbocycles. The molecule has 0 unspecified atom stereocenters. The summed E-state index contributed by atoms with van der Waals surface area (Å²) in [6.07, 6.45) is 8.42. The number of methoxy groups -OCH3 is 1. The lowest BCUT2D eigenvalue weighted by molar-refractivity contribution is 0.0460. The highest BCUT2D eigenvalue weighted by atomic mass is 35.5. The molecule has 1 fully saturated rings. The monoisotopic (exact) mass is 674 g/mol. The molecule has 46 heavy (non-hydrogen) atoms. The van der Waals surface area contributed by atoms with Gasteiger partial charge in [0.25, 0.3) is 5.91 Å². The Bertz CT molecular complexity index is 1480. The molecule has 0 radical (unpaired) electrons. The minimum atomic E-state index is -4.08. The van der Waals surface area contributed by atoms with Gasteiger partial charge in [-0.15, -0.1) is 0 Å². The molecule has 252 valence electrons. The molecule has 1 saturated carbocycles. The van der Waals surface area contributed by atoms with Crippen molar-refractivity contribution < 1.29 is 32.5 Å². The summed E-state index contributed by atoms with van der Waals surface area (Å²) < 4.78 is 46.9. The summed E-state index contributed by atoms with van der Waals surface area (Å²) in [6, 6.07) is 11.0. The number of nitrogens with zero attached hydrogens (tertiary/aromatic N) is 1. The van der Waals surface area contributed by atoms with Crippen LogP contribution in [0.15, 0.2) is 48.6 Å². The number of hydrogen-bond acceptors (Lipinski definition) is 8. The fraction of sp³-hybridized carbons (Fsp3) is 0.571. The zero-order valence-electron chi connectivity index (χ0n) is 26.8. The third-order valence-corrected chi connectivity index (χ3v) is 11.9. The number of amides is 1. The van der Waals surface area contributed by atoms with Gasteiger partial charge in [-0.25, -0.2) is 13.1 Å². The number of aliphatic hydroxyl groups excluding tert-OH is 1. The number of benzene rings is 2. The Balaban J connectivity index is 1.49. The zero-order valence-corrected chi connectivity index (χ0v) is 28.4. The Labute approximate surface area is 278 Å². The molecule has 2 aromatic carbocycles. The second-order valence-electron chi connectivity index (χ2n) is 12.8. The van der Waals surface area contributed by atoms with Crippen LogP contribution >= 0.6 is 11.6 Å². The van der Waals surface area contributed by atoms with Crippen LogP contribution in [0.1, 0.15) is 66.9 Å². The van der Waals surface area contributed by atoms with Crippen molar-refractivity contribution in [2.75, 3.05) is 44.9 Å². The zero-order chi connectivity index (χ0) is 32.7. The molecule has 5 rings (SSSR count). The number of anilines is 1. The van der Waals surface area contributed by atoms with Crippen LogP contribution < -0.4 is 14.4 Å². The molecule has 2 aromatic rings. The molecule has 5 atom stereocenters. The third kappa shape index (κ3) is 8.63. The number of sulfonamides is 1. The topological polar surface area (TPSA) is 114 Å². The maximum absolute atomic E-state index is 13.7. The molecule has 0 saturated heterocycles. The lowest BCUT2D eigenvalue weighted by atomic mass is 9.70. The maximum Gasteiger partial charge on any atom is 0.264 e. The lowest BCUT2D eigenvalue weighted by Crippen LogP contribution is -2.44. The van der Waals surface area contributed by atoms with Gasteiger partial charge in [0.2, 0.25) is 10.0 Å². The summed E-state index contributed by atoms with van der Waals surface area (Å²) in [4.78, 5) is 15.9. The lowest BCUT2D eigenvalue weighted by Gasteiger charge is -2.42. The van der Waals surface area contributed by atoms with E-state index in [9.17, 15) is 18.3 Å². The molecular weight excluding hydrogens is 628 g/mol. The van der Waals surface area contributed by atoms with Crippen LogP contribution in [-0.4, -0.2) is 70.8 Å². The first kappa shape index (κ1) is 34.7. The van der Waals surface area contributed by atoms with E-state index >= 15 is 0 Å². The van der Waals surface area contributed by atoms with Gasteiger partial charge < -0.3 is 24.2 Å². The van der Waals surface area contributed by atoms with Crippen LogP contribution in [0, 0.1) is 17.8 Å². The van der Waals surface area contributed by atoms with E-state index in [0.717, 1.165) is 55.5 Å². The van der Waals surface area contributed by atoms with Gasteiger partial charge in [0.1, 0.15) is 12.4 Å². The number of allylic oxidation sites excluding steroid dienone is 1. The molecule has 2 N–H and O–H groups in total. The molecule has 2 bridgehead atoms. The van der Waals surface area contributed by atoms with Gasteiger partial charge in [-0.05, 0) is 104 Å². The van der Waals surface area contributed by atoms with Crippen molar-refractivity contribution in [2.24, 2.45) is 17.8 Å². The second-order valence-corrected chi connectivity index (χ2v) is 15.2. The van der Waals surface area contributed by atoms with Crippen molar-refractivity contribution in [1.29, 1.82) is 0 Å². The van der Waals surface area contributed by atoms with Gasteiger partial charge in [0, 0.05) is 37.4 Å². The Hall–Kier alpha value is -2.63. The average molecular weight is 675 g/mol. The number of aryl methyl sites for hydroxylation is 1. The van der Waals surface area contributed by atoms with E-state index in [4.69, 9.17) is 25.8 Å². The minimum Gasteiger partial charge on any atom is -0.487 e. The molecule has 1 amide bonds. The highest BCUT2D eigenvalue weighted by Crippen LogP contribution is 2.41. The standard InChI is InChI=1S/C35H47ClN2O7S/c1-24-6-5-8-32(39)30-13-10-27(30)22-38-16-4-3-7-25-20-29(36)12-9-28(25)23-45-33-14-11-26(21-31(33)38)35(40)37-46(41,42)34(24)15-17-44-19-18-43-2/h5,8-9,11-12,14,20-21,24,27,30,32,34,39H,3-4,6-7,10,13,15-19,22-23H2,1-2H3,(H,37,40)/b8-5-/t24-,27+,30-,32-,34+/m1/s1. The molecule has 3 aliphatic rings. The van der Waals surface area contributed by atoms with Crippen molar-refractivity contribution in [2.45, 2.75) is 69.8 Å². The van der Waals surface area contributed by atoms with Gasteiger partial charge in [-0.1, -0.05) is 36.7 Å². The summed E-state index contributed by atoms with van der Waals surface area (Å²) in [6.45, 7) is 4.61. The predicted octanol–water partition coefficient (Wildman–Crippen LogP) is 5.53. The molecule has 11 heteroatoms. The van der Waals surface area contributed by atoms with E-state index in [-0.39, 0.29) is 36.3 Å². The Morgan fingerprint density at radius 1 is 1.09 bits per heavy atom. The summed E-state index contributed by atoms with van der Waals surface area (Å²) in [5.74, 6) is 0.00911. The van der Waals surface area contributed by atoms with E-state index in [1.165, 1.54) is 0 Å². The Kier molecular flexibility index (Phi) is 12.1. The fourth-order valence-electron chi connectivity index (χ4n) is 6.81. The highest BCUT2D eigenvalue weighted by Gasteiger charge is 2.37. The van der Waals surface area contributed by atoms with Gasteiger partial charge in [0.15, 0.2) is 0 Å². The number of fused-ring (bicyclic) bond motifs is 3. The number of aliphatic hydroxyl groups is 1. The first-order chi connectivity index (χ1) is 22.2. The van der Waals surface area contributed by atoms with E-state index in [0.29, 0.717) is 43.6 Å². The van der Waals surface area contributed by atoms with Gasteiger partial charge in [-0.2, -0.15) is 0 Å². The number of halogens is 1. The molecule has 2 heterocycles. The number of carbonyl (C=O) groups is 1. The summed E-state index contributed by atoms with van der Waals surface area (Å²) in [7, 11) is -2.50. The van der Waals surface area contributed by atoms with Crippen LogP contribution in [0.2, 0.25) is 5.02 Å². The van der Waals surface area contributed by atoms with Crippen molar-refractivity contribution in [3.8, 4) is 5.75 Å². The molecule has 9 nitrogen and oxygen atoms in total. The highest BCUT2D eigenvalue weighted by molar-refractivity contribution is 7.90. The summed E-state index contributed by atoms with van der Waals surface area (Å²) in [5.41, 5.74) is 3.22. The quantitative estimate of drug-likeness (QED) is 0.304. The normalized spacial score (nSPS) is 27.5. The number of rotatable bonds is 6. The van der Waals surface area contributed by atoms with Crippen LogP contribution in [0.3, 0.4) is 0 Å². The van der Waals surface area contributed by atoms with Crippen LogP contribution in [0.5, 0.6) is 5.75 Å². The van der Waals surface area contributed by atoms with Crippen molar-refractivity contribution >= 4 is 33.2 Å². The van der Waals surface area contributed by atoms with E-state index in [2.05, 4.69) is 9.62 Å². The van der Waals surface area contributed by atoms with E-state index in [1.54, 1.807) is 25.3 Å². The van der Waals surface area contributed by atoms with Crippen molar-refractivity contribution in [1.82, 2.24) is 4.72 Å². The fourth-order valence-corrected chi connectivity index (χ4v) is 8.67. The smallest absolute Gasteiger partial charge is 0.264 e. The third-order valence-electron chi connectivity index (χ3n) is 9.70. The summed E-state index contributed by atoms with van der Waals surface area (Å²) >= 11 is 6.32. The SMILES string of the molecule is COCCOCC[C@H]1[C@H](C)C/C=C\[C@@H](O)[C@@H]2CC[C@H]2CN2CCCCc3cc(Cl)ccc3COc3ccc(cc32)C(=O)NS1(=O)=O. The minimum absolute atomic E-state index is 0.105. The van der Waals surface area contributed by atoms with Crippen LogP contribution in [0.25, 0.3) is 0 Å². The first-order valence-corrected chi connectivity index (χ1v) is 18.3. The van der Waals surface area contributed by atoms with Gasteiger partial charge in [-0.3, -0.25) is 4.79 Å². The Morgan fingerprint density at radius 2 is 1.93 bits per heavy atom. The second kappa shape index (κ2) is 16.0. The number of ether oxygens (including phenoxy) is 3. The predicted molar refractivity (Wildman–Crippen MR) is 180 cm³/mol. The van der Waals surface area contributed by atoms with E-state index in [1.807, 2.05) is 37.3 Å². The van der Waals surface area contributed by atoms with Crippen molar-refractivity contribution in [3.63, 3.8) is 0 Å². The number of nitrogens with one attached hydrogen (secondary N) is 1. The largest absolute Gasteiger partial charge is 0.487 e. The molecule has 0 aromatic heterocycles. The maximum atomic E-state index is 13.7. The molecular formula is C35H47ClN2O7S.